The molecule has 1 atom stereocenters. The molecule has 112 valence electrons. The number of amides is 2. The number of nitrogens with one attached hydrogen (secondary N) is 1. The largest absolute Gasteiger partial charge is 0.496 e. The van der Waals surface area contributed by atoms with Crippen LogP contribution in [0.5, 0.6) is 5.75 Å². The molecule has 5 nitrogen and oxygen atoms in total. The Balaban J connectivity index is 1.81. The summed E-state index contributed by atoms with van der Waals surface area (Å²) in [6, 6.07) is 3.58. The third-order valence-electron chi connectivity index (χ3n) is 4.23. The molecule has 2 aliphatic rings. The molecule has 3 rings (SSSR count). The maximum absolute atomic E-state index is 12.3. The minimum Gasteiger partial charge on any atom is -0.496 e. The van der Waals surface area contributed by atoms with E-state index in [0.717, 1.165) is 35.4 Å². The van der Waals surface area contributed by atoms with Gasteiger partial charge in [0.25, 0.3) is 5.91 Å². The molecular weight excluding hydrogens is 268 g/mol. The lowest BCUT2D eigenvalue weighted by molar-refractivity contribution is -0.139. The quantitative estimate of drug-likeness (QED) is 0.861. The summed E-state index contributed by atoms with van der Waals surface area (Å²) in [6.07, 6.45) is 2.13. The van der Waals surface area contributed by atoms with Gasteiger partial charge in [0.05, 0.1) is 13.5 Å². The standard InChI is InChI=1S/C16H20N2O3/c1-9-4-7-12(10(2)15(9)21-3)17-13-8-14(19)18(16(13)20)11-5-6-11/h4,7,11,13,17H,5-6,8H2,1-3H3/t13-/m1/s1. The van der Waals surface area contributed by atoms with Crippen LogP contribution >= 0.6 is 0 Å². The second kappa shape index (κ2) is 5.06. The van der Waals surface area contributed by atoms with Crippen LogP contribution in [-0.2, 0) is 9.59 Å². The zero-order chi connectivity index (χ0) is 15.1. The highest BCUT2D eigenvalue weighted by Gasteiger charge is 2.46. The van der Waals surface area contributed by atoms with Gasteiger partial charge < -0.3 is 10.1 Å². The van der Waals surface area contributed by atoms with Crippen LogP contribution in [0.15, 0.2) is 12.1 Å². The van der Waals surface area contributed by atoms with Crippen LogP contribution < -0.4 is 10.1 Å². The van der Waals surface area contributed by atoms with Crippen LogP contribution in [0, 0.1) is 13.8 Å². The number of rotatable bonds is 4. The molecule has 1 aliphatic heterocycles. The van der Waals surface area contributed by atoms with Gasteiger partial charge in [-0.15, -0.1) is 0 Å². The van der Waals surface area contributed by atoms with E-state index < -0.39 is 6.04 Å². The summed E-state index contributed by atoms with van der Waals surface area (Å²) < 4.78 is 5.40. The molecule has 0 bridgehead atoms. The van der Waals surface area contributed by atoms with E-state index in [0.29, 0.717) is 0 Å². The monoisotopic (exact) mass is 288 g/mol. The lowest BCUT2D eigenvalue weighted by Gasteiger charge is -2.18. The van der Waals surface area contributed by atoms with Gasteiger partial charge in [-0.25, -0.2) is 0 Å². The topological polar surface area (TPSA) is 58.6 Å². The highest BCUT2D eigenvalue weighted by molar-refractivity contribution is 6.07. The smallest absolute Gasteiger partial charge is 0.252 e. The molecule has 2 fully saturated rings. The van der Waals surface area contributed by atoms with E-state index in [1.807, 2.05) is 26.0 Å². The van der Waals surface area contributed by atoms with Gasteiger partial charge in [-0.2, -0.15) is 0 Å². The molecule has 0 aromatic heterocycles. The molecule has 1 saturated heterocycles. The molecule has 1 N–H and O–H groups in total. The second-order valence-corrected chi connectivity index (χ2v) is 5.82. The first kappa shape index (κ1) is 13.9. The van der Waals surface area contributed by atoms with Crippen molar-refractivity contribution in [1.29, 1.82) is 0 Å². The van der Waals surface area contributed by atoms with E-state index in [1.165, 1.54) is 4.90 Å². The van der Waals surface area contributed by atoms with Gasteiger partial charge in [-0.1, -0.05) is 6.07 Å². The van der Waals surface area contributed by atoms with E-state index in [4.69, 9.17) is 4.74 Å². The fourth-order valence-electron chi connectivity index (χ4n) is 2.97. The summed E-state index contributed by atoms with van der Waals surface area (Å²) in [4.78, 5) is 25.8. The predicted octanol–water partition coefficient (Wildman–Crippen LogP) is 2.01. The molecule has 2 amide bonds. The van der Waals surface area contributed by atoms with Gasteiger partial charge in [0.1, 0.15) is 11.8 Å². The van der Waals surface area contributed by atoms with E-state index in [1.54, 1.807) is 7.11 Å². The first-order chi connectivity index (χ1) is 10.0. The molecule has 1 aromatic rings. The molecular formula is C16H20N2O3. The Bertz CT molecular complexity index is 608. The number of ether oxygens (including phenoxy) is 1. The third kappa shape index (κ3) is 2.37. The van der Waals surface area contributed by atoms with E-state index in [9.17, 15) is 9.59 Å². The van der Waals surface area contributed by atoms with Gasteiger partial charge in [0.2, 0.25) is 5.91 Å². The fourth-order valence-corrected chi connectivity index (χ4v) is 2.97. The average Bonchev–Trinajstić information content (AvgIpc) is 3.22. The van der Waals surface area contributed by atoms with Gasteiger partial charge in [0.15, 0.2) is 0 Å². The van der Waals surface area contributed by atoms with Crippen molar-refractivity contribution in [2.75, 3.05) is 12.4 Å². The van der Waals surface area contributed by atoms with Crippen LogP contribution in [0.25, 0.3) is 0 Å². The number of aryl methyl sites for hydroxylation is 1. The summed E-state index contributed by atoms with van der Waals surface area (Å²) in [5.41, 5.74) is 2.86. The minimum atomic E-state index is -0.454. The number of benzene rings is 1. The number of nitrogens with zero attached hydrogens (tertiary/aromatic N) is 1. The Morgan fingerprint density at radius 3 is 2.57 bits per heavy atom. The Kier molecular flexibility index (Phi) is 3.35. The summed E-state index contributed by atoms with van der Waals surface area (Å²) >= 11 is 0. The van der Waals surface area contributed by atoms with Gasteiger partial charge in [-0.3, -0.25) is 14.5 Å². The number of imide groups is 1. The van der Waals surface area contributed by atoms with Crippen LogP contribution in [0.4, 0.5) is 5.69 Å². The number of hydrogen-bond acceptors (Lipinski definition) is 4. The summed E-state index contributed by atoms with van der Waals surface area (Å²) in [7, 11) is 1.64. The van der Waals surface area contributed by atoms with Crippen LogP contribution in [-0.4, -0.2) is 35.9 Å². The maximum Gasteiger partial charge on any atom is 0.252 e. The molecule has 0 radical (unpaired) electrons. The number of likely N-dealkylation sites (tertiary alicyclic amines) is 1. The number of carbonyl (C=O) groups excluding carboxylic acids is 2. The lowest BCUT2D eigenvalue weighted by Crippen LogP contribution is -2.36. The minimum absolute atomic E-state index is 0.0586. The fraction of sp³-hybridized carbons (Fsp3) is 0.500. The number of methoxy groups -OCH3 is 1. The molecule has 0 spiro atoms. The van der Waals surface area contributed by atoms with Crippen molar-refractivity contribution in [3.8, 4) is 5.75 Å². The van der Waals surface area contributed by atoms with Gasteiger partial charge in [0, 0.05) is 17.3 Å². The van der Waals surface area contributed by atoms with Crippen molar-refractivity contribution >= 4 is 17.5 Å². The van der Waals surface area contributed by atoms with Crippen molar-refractivity contribution in [2.24, 2.45) is 0 Å². The SMILES string of the molecule is COc1c(C)ccc(N[C@@H]2CC(=O)N(C3CC3)C2=O)c1C. The van der Waals surface area contributed by atoms with E-state index >= 15 is 0 Å². The van der Waals surface area contributed by atoms with E-state index in [2.05, 4.69) is 5.32 Å². The molecule has 1 saturated carbocycles. The van der Waals surface area contributed by atoms with Crippen molar-refractivity contribution < 1.29 is 14.3 Å². The Labute approximate surface area is 124 Å². The zero-order valence-electron chi connectivity index (χ0n) is 12.6. The normalized spacial score (nSPS) is 21.9. The van der Waals surface area contributed by atoms with Crippen molar-refractivity contribution in [2.45, 2.75) is 45.2 Å². The predicted molar refractivity (Wildman–Crippen MR) is 79.4 cm³/mol. The highest BCUT2D eigenvalue weighted by atomic mass is 16.5. The van der Waals surface area contributed by atoms with Crippen LogP contribution in [0.3, 0.4) is 0 Å². The van der Waals surface area contributed by atoms with Gasteiger partial charge >= 0.3 is 0 Å². The average molecular weight is 288 g/mol. The first-order valence-corrected chi connectivity index (χ1v) is 7.29. The zero-order valence-corrected chi connectivity index (χ0v) is 12.6. The Hall–Kier alpha value is -2.04. The molecule has 1 heterocycles. The maximum atomic E-state index is 12.3. The van der Waals surface area contributed by atoms with Crippen LogP contribution in [0.2, 0.25) is 0 Å². The summed E-state index contributed by atoms with van der Waals surface area (Å²) in [6.45, 7) is 3.93. The third-order valence-corrected chi connectivity index (χ3v) is 4.23. The number of hydrogen-bond donors (Lipinski definition) is 1. The van der Waals surface area contributed by atoms with Crippen molar-refractivity contribution in [3.05, 3.63) is 23.3 Å². The Morgan fingerprint density at radius 2 is 1.95 bits per heavy atom. The Morgan fingerprint density at radius 1 is 1.24 bits per heavy atom. The van der Waals surface area contributed by atoms with Crippen molar-refractivity contribution in [1.82, 2.24) is 4.90 Å². The number of anilines is 1. The molecule has 1 aliphatic carbocycles. The number of carbonyl (C=O) groups is 2. The molecule has 21 heavy (non-hydrogen) atoms. The lowest BCUT2D eigenvalue weighted by atomic mass is 10.1. The van der Waals surface area contributed by atoms with Gasteiger partial charge in [-0.05, 0) is 38.3 Å². The highest BCUT2D eigenvalue weighted by Crippen LogP contribution is 2.34. The second-order valence-electron chi connectivity index (χ2n) is 5.82. The van der Waals surface area contributed by atoms with Crippen LogP contribution in [0.1, 0.15) is 30.4 Å². The van der Waals surface area contributed by atoms with E-state index in [-0.39, 0.29) is 24.3 Å². The molecule has 1 aromatic carbocycles. The summed E-state index contributed by atoms with van der Waals surface area (Å²) in [5.74, 6) is 0.661. The first-order valence-electron chi connectivity index (χ1n) is 7.29. The van der Waals surface area contributed by atoms with Crippen molar-refractivity contribution in [3.63, 3.8) is 0 Å². The summed E-state index contributed by atoms with van der Waals surface area (Å²) in [5, 5.41) is 3.21. The molecule has 5 heteroatoms. The molecule has 0 unspecified atom stereocenters.